The number of allylic oxidation sites excluding steroid dienone is 2. The number of hydrogen-bond donors (Lipinski definition) is 1. The second kappa shape index (κ2) is 18.4. The van der Waals surface area contributed by atoms with Gasteiger partial charge >= 0.3 is 116 Å². The maximum Gasteiger partial charge on any atom is 1.00 e. The number of ketones is 1. The van der Waals surface area contributed by atoms with Gasteiger partial charge in [0.1, 0.15) is 0 Å². The van der Waals surface area contributed by atoms with Gasteiger partial charge in [-0.3, -0.25) is 4.79 Å². The molecule has 0 spiro atoms. The van der Waals surface area contributed by atoms with Gasteiger partial charge in [0, 0.05) is 36.9 Å². The van der Waals surface area contributed by atoms with Crippen LogP contribution in [-0.4, -0.2) is 44.9 Å². The molecule has 1 aliphatic carbocycles. The normalized spacial score (nSPS) is 12.8. The summed E-state index contributed by atoms with van der Waals surface area (Å²) in [5, 5.41) is 10.6. The van der Waals surface area contributed by atoms with Gasteiger partial charge < -0.3 is 30.3 Å². The molecule has 0 fully saturated rings. The molecule has 1 aliphatic rings. The van der Waals surface area contributed by atoms with E-state index in [0.717, 1.165) is 42.5 Å². The van der Waals surface area contributed by atoms with E-state index in [2.05, 4.69) is 16.0 Å². The fraction of sp³-hybridized carbons (Fsp3) is 0.476. The number of Topliss-reactive ketones (excluding diaryl/α,β-unsaturated/α-hetero) is 1. The van der Waals surface area contributed by atoms with Crippen LogP contribution in [0, 0.1) is 0 Å². The summed E-state index contributed by atoms with van der Waals surface area (Å²) >= 11 is 0. The van der Waals surface area contributed by atoms with Gasteiger partial charge in [-0.15, -0.1) is 13.1 Å². The van der Waals surface area contributed by atoms with Crippen molar-refractivity contribution in [2.45, 2.75) is 38.6 Å². The first-order valence-electron chi connectivity index (χ1n) is 9.57. The molecule has 0 saturated heterocycles. The molecule has 0 radical (unpaired) electrons. The molecule has 0 atom stereocenters. The van der Waals surface area contributed by atoms with Crippen LogP contribution in [0.2, 0.25) is 0 Å². The molecule has 7 nitrogen and oxygen atoms in total. The van der Waals surface area contributed by atoms with Gasteiger partial charge in [0.15, 0.2) is 5.78 Å². The van der Waals surface area contributed by atoms with Crippen molar-refractivity contribution in [2.75, 3.05) is 26.8 Å². The van der Waals surface area contributed by atoms with Crippen LogP contribution in [0.25, 0.3) is 10.6 Å². The summed E-state index contributed by atoms with van der Waals surface area (Å²) in [7, 11) is 1.86. The van der Waals surface area contributed by atoms with E-state index in [1.165, 1.54) is 0 Å². The Morgan fingerprint density at radius 1 is 1.13 bits per heavy atom. The zero-order valence-electron chi connectivity index (χ0n) is 18.3. The Balaban J connectivity index is 0.00000420. The van der Waals surface area contributed by atoms with Gasteiger partial charge in [-0.25, -0.2) is 0 Å². The van der Waals surface area contributed by atoms with Crippen molar-refractivity contribution < 1.29 is 135 Å². The summed E-state index contributed by atoms with van der Waals surface area (Å²) in [5.74, 6) is -0.267. The minimum Gasteiger partial charge on any atom is -0.656 e. The third-order valence-electron chi connectivity index (χ3n) is 4.57. The van der Waals surface area contributed by atoms with Crippen LogP contribution in [-0.2, 0) is 20.9 Å². The minimum absolute atomic E-state index is 0. The van der Waals surface area contributed by atoms with Crippen molar-refractivity contribution in [1.29, 1.82) is 0 Å². The molecule has 0 heterocycles. The summed E-state index contributed by atoms with van der Waals surface area (Å²) in [6, 6.07) is 7.24. The molecule has 1 N–H and O–H groups in total. The molecule has 0 aromatic heterocycles. The number of nitrogens with one attached hydrogen (secondary N) is 1. The van der Waals surface area contributed by atoms with Gasteiger partial charge in [0.05, 0.1) is 12.5 Å². The molecule has 0 saturated carbocycles. The third-order valence-corrected chi connectivity index (χ3v) is 4.57. The van der Waals surface area contributed by atoms with E-state index in [0.29, 0.717) is 31.5 Å². The van der Waals surface area contributed by atoms with Gasteiger partial charge in [-0.2, -0.15) is 0 Å². The summed E-state index contributed by atoms with van der Waals surface area (Å²) in [5.41, 5.74) is 3.44. The van der Waals surface area contributed by atoms with Crippen molar-refractivity contribution in [3.63, 3.8) is 0 Å². The Hall–Kier alpha value is 0.940. The first kappa shape index (κ1) is 30.9. The average molecular weight is 556 g/mol. The van der Waals surface area contributed by atoms with E-state index in [1.54, 1.807) is 12.1 Å². The van der Waals surface area contributed by atoms with Gasteiger partial charge in [-0.05, 0) is 32.1 Å². The van der Waals surface area contributed by atoms with Crippen LogP contribution >= 0.6 is 0 Å². The van der Waals surface area contributed by atoms with Crippen molar-refractivity contribution >= 4 is 18.1 Å². The standard InChI is InChI=1S/C21H29N3O4.2Rb/c1-22-19-6-3-2-5-18(19)21(27)17-9-7-16(8-10-17)13-24-20(26)14-28-12-4-11-23-15-25;;/h7-10,15H,2-6,11-14H2,1H3,(H3,22,23,24,25,26,27);;/q;2*+1/p-2. The molecule has 2 rings (SSSR count). The zero-order chi connectivity index (χ0) is 20.2. The predicted molar refractivity (Wildman–Crippen MR) is 107 cm³/mol. The molecule has 0 bridgehead atoms. The van der Waals surface area contributed by atoms with Crippen molar-refractivity contribution in [3.8, 4) is 0 Å². The number of ether oxygens (including phenoxy) is 1. The van der Waals surface area contributed by atoms with Crippen molar-refractivity contribution in [3.05, 3.63) is 57.3 Å². The molecular weight excluding hydrogens is 529 g/mol. The van der Waals surface area contributed by atoms with Crippen LogP contribution in [0.4, 0.5) is 0 Å². The summed E-state index contributed by atoms with van der Waals surface area (Å²) in [6.07, 6.45) is 4.98. The number of carbonyl (C=O) groups excluding carboxylic acids is 3. The monoisotopic (exact) mass is 555 g/mol. The maximum absolute atomic E-state index is 12.7. The molecule has 152 valence electrons. The Kier molecular flexibility index (Phi) is 19.0. The maximum atomic E-state index is 12.7. The molecule has 1 aromatic carbocycles. The number of nitrogens with zero attached hydrogens (tertiary/aromatic N) is 2. The fourth-order valence-corrected chi connectivity index (χ4v) is 3.06. The van der Waals surface area contributed by atoms with E-state index in [-0.39, 0.29) is 141 Å². The molecule has 9 heteroatoms. The van der Waals surface area contributed by atoms with Gasteiger partial charge in [0.2, 0.25) is 0 Å². The second-order valence-corrected chi connectivity index (χ2v) is 6.57. The van der Waals surface area contributed by atoms with Crippen molar-refractivity contribution in [1.82, 2.24) is 5.32 Å². The number of benzene rings is 1. The topological polar surface area (TPSA) is 101 Å². The molecule has 0 unspecified atom stereocenters. The number of amides is 2. The molecule has 1 aromatic rings. The van der Waals surface area contributed by atoms with Crippen LogP contribution in [0.15, 0.2) is 35.5 Å². The Labute approximate surface area is 276 Å². The number of carbonyl (C=O) groups is 3. The van der Waals surface area contributed by atoms with E-state index in [9.17, 15) is 14.4 Å². The van der Waals surface area contributed by atoms with Crippen LogP contribution in [0.1, 0.15) is 48.0 Å². The third kappa shape index (κ3) is 11.2. The van der Waals surface area contributed by atoms with E-state index >= 15 is 0 Å². The molecule has 30 heavy (non-hydrogen) atoms. The van der Waals surface area contributed by atoms with Gasteiger partial charge in [-0.1, -0.05) is 29.8 Å². The van der Waals surface area contributed by atoms with E-state index in [1.807, 2.05) is 19.2 Å². The SMILES string of the molecule is CNC1=C(C(=O)c2ccc(C[N-]C(=O)COCCC[N-]C=O)cc2)CCCC1.[Rb+].[Rb+]. The summed E-state index contributed by atoms with van der Waals surface area (Å²) in [4.78, 5) is 34.5. The van der Waals surface area contributed by atoms with Gasteiger partial charge in [0.25, 0.3) is 0 Å². The molecule has 2 amide bonds. The van der Waals surface area contributed by atoms with E-state index in [4.69, 9.17) is 4.74 Å². The number of rotatable bonds is 12. The number of hydrogen-bond acceptors (Lipinski definition) is 5. The first-order valence-corrected chi connectivity index (χ1v) is 9.57. The predicted octanol–water partition coefficient (Wildman–Crippen LogP) is -2.74. The Morgan fingerprint density at radius 2 is 1.83 bits per heavy atom. The van der Waals surface area contributed by atoms with E-state index < -0.39 is 0 Å². The van der Waals surface area contributed by atoms with Crippen molar-refractivity contribution in [2.24, 2.45) is 0 Å². The van der Waals surface area contributed by atoms with Crippen LogP contribution in [0.3, 0.4) is 0 Å². The largest absolute Gasteiger partial charge is 1.00 e. The Morgan fingerprint density at radius 3 is 2.50 bits per heavy atom. The molecular formula is C21H27N3O4Rb2. The second-order valence-electron chi connectivity index (χ2n) is 6.57. The van der Waals surface area contributed by atoms with Crippen LogP contribution in [0.5, 0.6) is 0 Å². The Bertz CT molecular complexity index is 709. The first-order chi connectivity index (χ1) is 13.7. The smallest absolute Gasteiger partial charge is 0.656 e. The average Bonchev–Trinajstić information content (AvgIpc) is 2.74. The summed E-state index contributed by atoms with van der Waals surface area (Å²) < 4.78 is 5.19. The quantitative estimate of drug-likeness (QED) is 0.171. The minimum atomic E-state index is -0.335. The molecule has 0 aliphatic heterocycles. The van der Waals surface area contributed by atoms with Crippen LogP contribution < -0.4 is 122 Å². The summed E-state index contributed by atoms with van der Waals surface area (Å²) in [6.45, 7) is 0.923. The zero-order valence-corrected chi connectivity index (χ0v) is 28.1. The fourth-order valence-electron chi connectivity index (χ4n) is 3.06.